The summed E-state index contributed by atoms with van der Waals surface area (Å²) in [4.78, 5) is 25.6. The number of aryl methyl sites for hydroxylation is 1. The van der Waals surface area contributed by atoms with E-state index >= 15 is 0 Å². The third-order valence-electron chi connectivity index (χ3n) is 5.12. The fraction of sp³-hybridized carbons (Fsp3) is 0.167. The van der Waals surface area contributed by atoms with E-state index in [9.17, 15) is 4.79 Å². The highest BCUT2D eigenvalue weighted by Gasteiger charge is 2.16. The molecule has 0 spiro atoms. The van der Waals surface area contributed by atoms with Gasteiger partial charge in [0.2, 0.25) is 5.91 Å². The summed E-state index contributed by atoms with van der Waals surface area (Å²) in [5.74, 6) is 0.747. The van der Waals surface area contributed by atoms with Crippen LogP contribution in [0, 0.1) is 6.92 Å². The van der Waals surface area contributed by atoms with Crippen LogP contribution >= 0.6 is 23.1 Å². The summed E-state index contributed by atoms with van der Waals surface area (Å²) in [7, 11) is 0. The number of thiazole rings is 1. The number of nitrogens with zero attached hydrogens (tertiary/aromatic N) is 6. The predicted molar refractivity (Wildman–Crippen MR) is 136 cm³/mol. The highest BCUT2D eigenvalue weighted by atomic mass is 32.2. The maximum absolute atomic E-state index is 12.5. The van der Waals surface area contributed by atoms with Crippen LogP contribution in [0.2, 0.25) is 0 Å². The Morgan fingerprint density at radius 3 is 2.74 bits per heavy atom. The van der Waals surface area contributed by atoms with Gasteiger partial charge in [-0.3, -0.25) is 9.78 Å². The first kappa shape index (κ1) is 22.2. The molecule has 3 aromatic heterocycles. The van der Waals surface area contributed by atoms with Crippen LogP contribution in [0.4, 0.5) is 5.69 Å². The van der Waals surface area contributed by atoms with E-state index in [2.05, 4.69) is 44.5 Å². The van der Waals surface area contributed by atoms with E-state index in [0.717, 1.165) is 21.8 Å². The van der Waals surface area contributed by atoms with E-state index in [1.807, 2.05) is 41.8 Å². The van der Waals surface area contributed by atoms with E-state index in [1.165, 1.54) is 22.0 Å². The average molecular weight is 488 g/mol. The van der Waals surface area contributed by atoms with Crippen molar-refractivity contribution in [3.63, 3.8) is 0 Å². The molecule has 10 heteroatoms. The summed E-state index contributed by atoms with van der Waals surface area (Å²) in [5.41, 5.74) is 4.64. The van der Waals surface area contributed by atoms with E-state index in [-0.39, 0.29) is 11.7 Å². The summed E-state index contributed by atoms with van der Waals surface area (Å²) in [6.07, 6.45) is 4.88. The Balaban J connectivity index is 1.22. The Morgan fingerprint density at radius 2 is 1.97 bits per heavy atom. The lowest BCUT2D eigenvalue weighted by Gasteiger charge is -2.07. The molecular formula is C24H21N7OS2. The lowest BCUT2D eigenvalue weighted by atomic mass is 10.2. The number of fused-ring (bicyclic) bond motifs is 1. The molecule has 0 aliphatic rings. The predicted octanol–water partition coefficient (Wildman–Crippen LogP) is 5.07. The molecule has 1 amide bonds. The molecule has 8 nitrogen and oxygen atoms in total. The second kappa shape index (κ2) is 9.70. The van der Waals surface area contributed by atoms with Crippen molar-refractivity contribution in [3.8, 4) is 22.1 Å². The molecule has 5 aromatic rings. The fourth-order valence-electron chi connectivity index (χ4n) is 3.46. The van der Waals surface area contributed by atoms with E-state index in [0.29, 0.717) is 23.2 Å². The van der Waals surface area contributed by atoms with Gasteiger partial charge in [-0.1, -0.05) is 17.8 Å². The summed E-state index contributed by atoms with van der Waals surface area (Å²) in [6.45, 7) is 4.74. The van der Waals surface area contributed by atoms with Gasteiger partial charge < -0.3 is 9.88 Å². The van der Waals surface area contributed by atoms with Crippen LogP contribution in [0.25, 0.3) is 32.3 Å². The zero-order chi connectivity index (χ0) is 23.5. The van der Waals surface area contributed by atoms with Crippen LogP contribution in [0.15, 0.2) is 66.2 Å². The number of thioether (sulfide) groups is 1. The monoisotopic (exact) mass is 487 g/mol. The number of hydrogen-bond acceptors (Lipinski definition) is 8. The number of hydrogen-bond donors (Lipinski definition) is 1. The molecule has 0 saturated heterocycles. The van der Waals surface area contributed by atoms with Gasteiger partial charge in [0, 0.05) is 30.2 Å². The van der Waals surface area contributed by atoms with Crippen LogP contribution < -0.4 is 5.32 Å². The molecule has 0 saturated carbocycles. The average Bonchev–Trinajstić information content (AvgIpc) is 3.47. The smallest absolute Gasteiger partial charge is 0.234 e. The second-order valence-electron chi connectivity index (χ2n) is 7.55. The third-order valence-corrected chi connectivity index (χ3v) is 7.15. The first-order chi connectivity index (χ1) is 16.6. The van der Waals surface area contributed by atoms with E-state index < -0.39 is 0 Å². The lowest BCUT2D eigenvalue weighted by molar-refractivity contribution is -0.113. The number of benzene rings is 2. The quantitative estimate of drug-likeness (QED) is 0.320. The van der Waals surface area contributed by atoms with Crippen molar-refractivity contribution in [2.75, 3.05) is 11.1 Å². The Bertz CT molecular complexity index is 1450. The number of aromatic nitrogens is 6. The van der Waals surface area contributed by atoms with Gasteiger partial charge in [0.15, 0.2) is 11.0 Å². The molecule has 0 aliphatic carbocycles. The van der Waals surface area contributed by atoms with Gasteiger partial charge in [0.1, 0.15) is 10.7 Å². The molecule has 0 unspecified atom stereocenters. The Morgan fingerprint density at radius 1 is 1.12 bits per heavy atom. The van der Waals surface area contributed by atoms with Crippen molar-refractivity contribution in [2.24, 2.45) is 0 Å². The van der Waals surface area contributed by atoms with E-state index in [4.69, 9.17) is 4.98 Å². The maximum atomic E-state index is 12.5. The van der Waals surface area contributed by atoms with Gasteiger partial charge >= 0.3 is 0 Å². The maximum Gasteiger partial charge on any atom is 0.234 e. The van der Waals surface area contributed by atoms with Gasteiger partial charge in [0.05, 0.1) is 22.2 Å². The van der Waals surface area contributed by atoms with Crippen molar-refractivity contribution in [1.29, 1.82) is 0 Å². The highest BCUT2D eigenvalue weighted by Crippen LogP contribution is 2.31. The third kappa shape index (κ3) is 4.68. The van der Waals surface area contributed by atoms with Crippen molar-refractivity contribution < 1.29 is 4.79 Å². The van der Waals surface area contributed by atoms with E-state index in [1.54, 1.807) is 29.9 Å². The largest absolute Gasteiger partial charge is 0.325 e. The Kier molecular flexibility index (Phi) is 6.33. The van der Waals surface area contributed by atoms with Crippen LogP contribution in [-0.4, -0.2) is 41.4 Å². The molecule has 0 fully saturated rings. The zero-order valence-electron chi connectivity index (χ0n) is 18.6. The minimum atomic E-state index is -0.111. The van der Waals surface area contributed by atoms with Crippen molar-refractivity contribution >= 4 is 44.9 Å². The van der Waals surface area contributed by atoms with Gasteiger partial charge in [-0.15, -0.1) is 21.5 Å². The number of carbonyl (C=O) groups is 1. The van der Waals surface area contributed by atoms with Crippen LogP contribution in [0.3, 0.4) is 0 Å². The molecule has 170 valence electrons. The molecule has 1 N–H and O–H groups in total. The van der Waals surface area contributed by atoms with Crippen molar-refractivity contribution in [2.45, 2.75) is 25.5 Å². The van der Waals surface area contributed by atoms with Crippen molar-refractivity contribution in [3.05, 3.63) is 66.6 Å². The summed E-state index contributed by atoms with van der Waals surface area (Å²) in [5, 5.41) is 13.0. The number of rotatable bonds is 7. The summed E-state index contributed by atoms with van der Waals surface area (Å²) >= 11 is 3.01. The highest BCUT2D eigenvalue weighted by molar-refractivity contribution is 7.99. The summed E-state index contributed by atoms with van der Waals surface area (Å²) in [6, 6.07) is 14.0. The molecule has 0 atom stereocenters. The Hall–Kier alpha value is -3.63. The normalized spacial score (nSPS) is 11.1. The molecular weight excluding hydrogens is 466 g/mol. The number of amides is 1. The lowest BCUT2D eigenvalue weighted by Crippen LogP contribution is -2.14. The molecule has 0 aliphatic heterocycles. The Labute approximate surface area is 204 Å². The molecule has 3 heterocycles. The number of anilines is 1. The first-order valence-electron chi connectivity index (χ1n) is 10.7. The molecule has 34 heavy (non-hydrogen) atoms. The number of carbonyl (C=O) groups excluding carboxylic acids is 1. The minimum Gasteiger partial charge on any atom is -0.325 e. The molecule has 2 aromatic carbocycles. The first-order valence-corrected chi connectivity index (χ1v) is 12.5. The second-order valence-corrected chi connectivity index (χ2v) is 9.52. The topological polar surface area (TPSA) is 98.5 Å². The number of nitrogens with one attached hydrogen (secondary N) is 1. The molecule has 5 rings (SSSR count). The molecule has 0 bridgehead atoms. The van der Waals surface area contributed by atoms with Crippen LogP contribution in [0.5, 0.6) is 0 Å². The SMILES string of the molecule is CCn1c(SCC(=O)Nc2ccc(-c3nc4ccc(C)cc4s3)cc2)nnc1-c1cnccn1. The fourth-order valence-corrected chi connectivity index (χ4v) is 5.33. The standard InChI is InChI=1S/C24H21N7OS2/c1-3-31-22(19-13-25-10-11-26-19)29-30-24(31)33-14-21(32)27-17-7-5-16(6-8-17)23-28-18-9-4-15(2)12-20(18)34-23/h4-13H,3,14H2,1-2H3,(H,27,32). The van der Waals surface area contributed by atoms with Gasteiger partial charge in [-0.05, 0) is 55.8 Å². The zero-order valence-corrected chi connectivity index (χ0v) is 20.2. The van der Waals surface area contributed by atoms with Crippen molar-refractivity contribution in [1.82, 2.24) is 29.7 Å². The summed E-state index contributed by atoms with van der Waals surface area (Å²) < 4.78 is 3.10. The van der Waals surface area contributed by atoms with Gasteiger partial charge in [0.25, 0.3) is 0 Å². The van der Waals surface area contributed by atoms with Gasteiger partial charge in [-0.2, -0.15) is 0 Å². The van der Waals surface area contributed by atoms with Gasteiger partial charge in [-0.25, -0.2) is 9.97 Å². The minimum absolute atomic E-state index is 0.111. The molecule has 0 radical (unpaired) electrons. The van der Waals surface area contributed by atoms with Crippen LogP contribution in [-0.2, 0) is 11.3 Å². The van der Waals surface area contributed by atoms with Crippen LogP contribution in [0.1, 0.15) is 12.5 Å².